The summed E-state index contributed by atoms with van der Waals surface area (Å²) < 4.78 is 0. The van der Waals surface area contributed by atoms with Crippen LogP contribution >= 0.6 is 11.3 Å². The summed E-state index contributed by atoms with van der Waals surface area (Å²) in [7, 11) is 2.11. The molecule has 0 unspecified atom stereocenters. The van der Waals surface area contributed by atoms with Gasteiger partial charge in [-0.2, -0.15) is 5.10 Å². The molecule has 0 atom stereocenters. The zero-order valence-electron chi connectivity index (χ0n) is 18.8. The maximum atomic E-state index is 4.52. The number of rotatable bonds is 7. The predicted octanol–water partition coefficient (Wildman–Crippen LogP) is 7.05. The fourth-order valence-electron chi connectivity index (χ4n) is 3.94. The number of hydrogen-bond donors (Lipinski definition) is 1. The summed E-state index contributed by atoms with van der Waals surface area (Å²) >= 11 is 1.78. The van der Waals surface area contributed by atoms with Crippen LogP contribution in [0.4, 0.5) is 11.4 Å². The van der Waals surface area contributed by atoms with Crippen LogP contribution in [0, 0.1) is 6.92 Å². The van der Waals surface area contributed by atoms with Gasteiger partial charge >= 0.3 is 0 Å². The van der Waals surface area contributed by atoms with E-state index in [1.54, 1.807) is 11.3 Å². The van der Waals surface area contributed by atoms with Gasteiger partial charge < -0.3 is 4.90 Å². The summed E-state index contributed by atoms with van der Waals surface area (Å²) in [5.74, 6) is 0. The number of nitrogens with zero attached hydrogens (tertiary/aromatic N) is 3. The summed E-state index contributed by atoms with van der Waals surface area (Å²) in [6.07, 6.45) is 8.08. The SMILES string of the molecule is Cc1cnc(CCc2cccc(N(C)c3ccc4c(C=Cc5ccccc5)n[nH]c4c3)c2)s1. The average Bonchev–Trinajstić information content (AvgIpc) is 3.47. The van der Waals surface area contributed by atoms with Crippen LogP contribution in [-0.4, -0.2) is 22.2 Å². The standard InChI is InChI=1S/C28H26N4S/c1-20-19-29-28(33-20)16-12-22-9-6-10-23(17-22)32(2)24-13-14-25-26(30-31-27(25)18-24)15-11-21-7-4-3-5-8-21/h3-11,13-15,17-19H,12,16H2,1-2H3,(H,30,31). The first-order valence-electron chi connectivity index (χ1n) is 11.1. The van der Waals surface area contributed by atoms with E-state index < -0.39 is 0 Å². The first kappa shape index (κ1) is 21.2. The van der Waals surface area contributed by atoms with Crippen LogP contribution in [-0.2, 0) is 12.8 Å². The third kappa shape index (κ3) is 4.89. The largest absolute Gasteiger partial charge is 0.345 e. The quantitative estimate of drug-likeness (QED) is 0.289. The Labute approximate surface area is 198 Å². The molecule has 164 valence electrons. The van der Waals surface area contributed by atoms with Gasteiger partial charge in [0.05, 0.1) is 16.2 Å². The maximum absolute atomic E-state index is 4.52. The van der Waals surface area contributed by atoms with E-state index in [2.05, 4.69) is 101 Å². The second-order valence-electron chi connectivity index (χ2n) is 8.18. The minimum absolute atomic E-state index is 0.947. The molecule has 2 aromatic heterocycles. The van der Waals surface area contributed by atoms with Crippen molar-refractivity contribution < 1.29 is 0 Å². The Morgan fingerprint density at radius 2 is 1.76 bits per heavy atom. The van der Waals surface area contributed by atoms with Gasteiger partial charge in [-0.25, -0.2) is 4.98 Å². The van der Waals surface area contributed by atoms with Crippen LogP contribution in [0.3, 0.4) is 0 Å². The molecule has 0 bridgehead atoms. The highest BCUT2D eigenvalue weighted by molar-refractivity contribution is 7.11. The van der Waals surface area contributed by atoms with Gasteiger partial charge in [-0.3, -0.25) is 5.10 Å². The van der Waals surface area contributed by atoms with Gasteiger partial charge in [0.25, 0.3) is 0 Å². The third-order valence-electron chi connectivity index (χ3n) is 5.79. The van der Waals surface area contributed by atoms with Gasteiger partial charge in [0.15, 0.2) is 0 Å². The highest BCUT2D eigenvalue weighted by Gasteiger charge is 2.09. The minimum Gasteiger partial charge on any atom is -0.345 e. The second kappa shape index (κ2) is 9.43. The molecule has 2 heterocycles. The van der Waals surface area contributed by atoms with E-state index >= 15 is 0 Å². The smallest absolute Gasteiger partial charge is 0.0930 e. The Balaban J connectivity index is 1.33. The van der Waals surface area contributed by atoms with E-state index in [0.29, 0.717) is 0 Å². The molecular weight excluding hydrogens is 424 g/mol. The lowest BCUT2D eigenvalue weighted by Crippen LogP contribution is -2.09. The maximum Gasteiger partial charge on any atom is 0.0930 e. The molecule has 33 heavy (non-hydrogen) atoms. The van der Waals surface area contributed by atoms with Gasteiger partial charge in [-0.05, 0) is 60.9 Å². The second-order valence-corrected chi connectivity index (χ2v) is 9.50. The number of anilines is 2. The molecule has 5 rings (SSSR count). The van der Waals surface area contributed by atoms with E-state index in [0.717, 1.165) is 40.7 Å². The molecule has 0 fully saturated rings. The monoisotopic (exact) mass is 450 g/mol. The molecule has 4 nitrogen and oxygen atoms in total. The summed E-state index contributed by atoms with van der Waals surface area (Å²) in [5, 5.41) is 10.0. The van der Waals surface area contributed by atoms with Gasteiger partial charge in [-0.1, -0.05) is 48.5 Å². The van der Waals surface area contributed by atoms with E-state index in [9.17, 15) is 0 Å². The molecular formula is C28H26N4S. The van der Waals surface area contributed by atoms with E-state index in [1.165, 1.54) is 21.1 Å². The number of nitrogens with one attached hydrogen (secondary N) is 1. The van der Waals surface area contributed by atoms with Gasteiger partial charge in [0, 0.05) is 41.3 Å². The minimum atomic E-state index is 0.947. The van der Waals surface area contributed by atoms with Gasteiger partial charge in [-0.15, -0.1) is 11.3 Å². The Bertz CT molecular complexity index is 1400. The predicted molar refractivity (Wildman–Crippen MR) is 140 cm³/mol. The highest BCUT2D eigenvalue weighted by Crippen LogP contribution is 2.29. The van der Waals surface area contributed by atoms with Crippen molar-refractivity contribution in [3.63, 3.8) is 0 Å². The fraction of sp³-hybridized carbons (Fsp3) is 0.143. The van der Waals surface area contributed by atoms with E-state index in [4.69, 9.17) is 0 Å². The number of aromatic nitrogens is 3. The Kier molecular flexibility index (Phi) is 6.05. The molecule has 0 spiro atoms. The molecule has 0 saturated heterocycles. The zero-order valence-corrected chi connectivity index (χ0v) is 19.6. The molecule has 3 aromatic carbocycles. The van der Waals surface area contributed by atoms with Crippen molar-refractivity contribution >= 4 is 45.8 Å². The third-order valence-corrected chi connectivity index (χ3v) is 6.76. The molecule has 0 aliphatic heterocycles. The van der Waals surface area contributed by atoms with Crippen molar-refractivity contribution in [2.24, 2.45) is 0 Å². The molecule has 1 N–H and O–H groups in total. The van der Waals surface area contributed by atoms with Crippen LogP contribution in [0.25, 0.3) is 23.1 Å². The van der Waals surface area contributed by atoms with E-state index in [1.807, 2.05) is 24.4 Å². The molecule has 0 aliphatic carbocycles. The van der Waals surface area contributed by atoms with Crippen molar-refractivity contribution in [2.45, 2.75) is 19.8 Å². The molecule has 0 radical (unpaired) electrons. The first-order valence-corrected chi connectivity index (χ1v) is 11.9. The Morgan fingerprint density at radius 1 is 0.909 bits per heavy atom. The molecule has 5 heteroatoms. The normalized spacial score (nSPS) is 11.5. The van der Waals surface area contributed by atoms with Gasteiger partial charge in [0.2, 0.25) is 0 Å². The number of aromatic amines is 1. The Hall–Kier alpha value is -3.70. The number of hydrogen-bond acceptors (Lipinski definition) is 4. The zero-order chi connectivity index (χ0) is 22.6. The van der Waals surface area contributed by atoms with Crippen molar-refractivity contribution in [3.05, 3.63) is 106 Å². The topological polar surface area (TPSA) is 44.8 Å². The number of benzene rings is 3. The fourth-order valence-corrected chi connectivity index (χ4v) is 4.73. The summed E-state index contributed by atoms with van der Waals surface area (Å²) in [6.45, 7) is 2.11. The first-order chi connectivity index (χ1) is 16.2. The van der Waals surface area contributed by atoms with Crippen molar-refractivity contribution in [1.82, 2.24) is 15.2 Å². The number of H-pyrrole nitrogens is 1. The molecule has 0 aliphatic rings. The van der Waals surface area contributed by atoms with Crippen molar-refractivity contribution in [3.8, 4) is 0 Å². The lowest BCUT2D eigenvalue weighted by Gasteiger charge is -2.20. The summed E-state index contributed by atoms with van der Waals surface area (Å²) in [6, 6.07) is 25.5. The molecule has 0 amide bonds. The van der Waals surface area contributed by atoms with Crippen LogP contribution in [0.2, 0.25) is 0 Å². The van der Waals surface area contributed by atoms with Crippen LogP contribution in [0.5, 0.6) is 0 Å². The van der Waals surface area contributed by atoms with E-state index in [-0.39, 0.29) is 0 Å². The van der Waals surface area contributed by atoms with Crippen LogP contribution in [0.1, 0.15) is 26.7 Å². The number of aryl methyl sites for hydroxylation is 3. The number of fused-ring (bicyclic) bond motifs is 1. The highest BCUT2D eigenvalue weighted by atomic mass is 32.1. The summed E-state index contributed by atoms with van der Waals surface area (Å²) in [4.78, 5) is 7.98. The number of thiazole rings is 1. The van der Waals surface area contributed by atoms with Crippen LogP contribution < -0.4 is 4.90 Å². The van der Waals surface area contributed by atoms with Crippen molar-refractivity contribution in [2.75, 3.05) is 11.9 Å². The van der Waals surface area contributed by atoms with Crippen molar-refractivity contribution in [1.29, 1.82) is 0 Å². The lowest BCUT2D eigenvalue weighted by molar-refractivity contribution is 0.942. The molecule has 0 saturated carbocycles. The average molecular weight is 451 g/mol. The van der Waals surface area contributed by atoms with Crippen LogP contribution in [0.15, 0.2) is 79.0 Å². The van der Waals surface area contributed by atoms with Gasteiger partial charge in [0.1, 0.15) is 0 Å². The summed E-state index contributed by atoms with van der Waals surface area (Å²) in [5.41, 5.74) is 6.76. The lowest BCUT2D eigenvalue weighted by atomic mass is 10.1. The molecule has 5 aromatic rings. The Morgan fingerprint density at radius 3 is 2.58 bits per heavy atom.